The number of esters is 1. The Labute approximate surface area is 172 Å². The molecule has 1 heterocycles. The van der Waals surface area contributed by atoms with E-state index >= 15 is 0 Å². The summed E-state index contributed by atoms with van der Waals surface area (Å²) < 4.78 is 5.35. The number of nitrogens with one attached hydrogen (secondary N) is 1. The minimum Gasteiger partial charge on any atom is -0.480 e. The third kappa shape index (κ3) is 13.1. The Morgan fingerprint density at radius 1 is 0.821 bits per heavy atom. The van der Waals surface area contributed by atoms with Gasteiger partial charge in [-0.2, -0.15) is 0 Å². The quantitative estimate of drug-likeness (QED) is 0.232. The molecule has 0 aromatic carbocycles. The second kappa shape index (κ2) is 16.8. The van der Waals surface area contributed by atoms with E-state index in [1.165, 1.54) is 83.5 Å². The van der Waals surface area contributed by atoms with Crippen molar-refractivity contribution in [2.75, 3.05) is 6.54 Å². The first-order valence-electron chi connectivity index (χ1n) is 11.8. The summed E-state index contributed by atoms with van der Waals surface area (Å²) in [6.07, 6.45) is 20.1. The van der Waals surface area contributed by atoms with Crippen LogP contribution in [0.5, 0.6) is 0 Å². The van der Waals surface area contributed by atoms with Gasteiger partial charge in [-0.1, -0.05) is 96.8 Å². The fraction of sp³-hybridized carbons (Fsp3) is 0.913. The van der Waals surface area contributed by atoms with Crippen LogP contribution in [0, 0.1) is 0 Å². The van der Waals surface area contributed by atoms with Crippen molar-refractivity contribution >= 4 is 11.9 Å². The van der Waals surface area contributed by atoms with Gasteiger partial charge in [-0.05, 0) is 6.42 Å². The Morgan fingerprint density at radius 2 is 1.29 bits per heavy atom. The summed E-state index contributed by atoms with van der Waals surface area (Å²) in [7, 11) is 0. The molecule has 28 heavy (non-hydrogen) atoms. The standard InChI is InChI=1S/C23H43NO4/c1-2-3-4-5-6-7-8-9-10-11-12-13-14-15-16-17-22(25)28-20-18-21(23(26)27)24-19-20/h20-21,24H,2-19H2,1H3,(H,26,27). The van der Waals surface area contributed by atoms with Crippen LogP contribution in [0.1, 0.15) is 116 Å². The van der Waals surface area contributed by atoms with Gasteiger partial charge < -0.3 is 15.2 Å². The maximum Gasteiger partial charge on any atom is 0.320 e. The molecule has 0 aromatic heterocycles. The first-order valence-corrected chi connectivity index (χ1v) is 11.8. The summed E-state index contributed by atoms with van der Waals surface area (Å²) in [5.74, 6) is -1.06. The molecule has 5 nitrogen and oxygen atoms in total. The molecule has 0 spiro atoms. The van der Waals surface area contributed by atoms with Crippen LogP contribution in [0.25, 0.3) is 0 Å². The number of ether oxygens (including phenoxy) is 1. The molecule has 0 bridgehead atoms. The Bertz CT molecular complexity index is 413. The number of carboxylic acid groups (broad SMARTS) is 1. The van der Waals surface area contributed by atoms with Gasteiger partial charge in [0.25, 0.3) is 0 Å². The van der Waals surface area contributed by atoms with E-state index in [4.69, 9.17) is 9.84 Å². The van der Waals surface area contributed by atoms with Gasteiger partial charge in [-0.25, -0.2) is 0 Å². The van der Waals surface area contributed by atoms with Crippen molar-refractivity contribution < 1.29 is 19.4 Å². The van der Waals surface area contributed by atoms with Gasteiger partial charge in [0.15, 0.2) is 0 Å². The van der Waals surface area contributed by atoms with Crippen LogP contribution in [0.2, 0.25) is 0 Å². The average Bonchev–Trinajstić information content (AvgIpc) is 3.13. The van der Waals surface area contributed by atoms with Gasteiger partial charge in [-0.15, -0.1) is 0 Å². The smallest absolute Gasteiger partial charge is 0.320 e. The molecule has 1 aliphatic rings. The van der Waals surface area contributed by atoms with E-state index in [9.17, 15) is 9.59 Å². The van der Waals surface area contributed by atoms with E-state index in [2.05, 4.69) is 12.2 Å². The van der Waals surface area contributed by atoms with Crippen molar-refractivity contribution in [3.05, 3.63) is 0 Å². The van der Waals surface area contributed by atoms with Crippen molar-refractivity contribution in [3.63, 3.8) is 0 Å². The van der Waals surface area contributed by atoms with Gasteiger partial charge in [0.2, 0.25) is 0 Å². The topological polar surface area (TPSA) is 75.6 Å². The number of carboxylic acids is 1. The van der Waals surface area contributed by atoms with Crippen LogP contribution in [0.15, 0.2) is 0 Å². The Hall–Kier alpha value is -1.10. The maximum absolute atomic E-state index is 11.8. The highest BCUT2D eigenvalue weighted by molar-refractivity contribution is 5.74. The van der Waals surface area contributed by atoms with E-state index in [-0.39, 0.29) is 12.1 Å². The van der Waals surface area contributed by atoms with E-state index in [0.717, 1.165) is 12.8 Å². The molecular formula is C23H43NO4. The molecule has 2 unspecified atom stereocenters. The first-order chi connectivity index (χ1) is 13.6. The predicted molar refractivity (Wildman–Crippen MR) is 113 cm³/mol. The highest BCUT2D eigenvalue weighted by Crippen LogP contribution is 2.15. The number of rotatable bonds is 18. The minimum atomic E-state index is -0.874. The van der Waals surface area contributed by atoms with Crippen LogP contribution >= 0.6 is 0 Å². The number of hydrogen-bond acceptors (Lipinski definition) is 4. The van der Waals surface area contributed by atoms with E-state index in [1.807, 2.05) is 0 Å². The van der Waals surface area contributed by atoms with Crippen LogP contribution in [0.4, 0.5) is 0 Å². The minimum absolute atomic E-state index is 0.187. The summed E-state index contributed by atoms with van der Waals surface area (Å²) in [5.41, 5.74) is 0. The van der Waals surface area contributed by atoms with Crippen LogP contribution in [-0.2, 0) is 14.3 Å². The molecule has 1 aliphatic heterocycles. The van der Waals surface area contributed by atoms with Gasteiger partial charge in [0, 0.05) is 19.4 Å². The lowest BCUT2D eigenvalue weighted by Crippen LogP contribution is -2.30. The molecule has 1 rings (SSSR count). The molecule has 0 aromatic rings. The van der Waals surface area contributed by atoms with Crippen molar-refractivity contribution in [2.24, 2.45) is 0 Å². The normalized spacial score (nSPS) is 19.0. The molecular weight excluding hydrogens is 354 g/mol. The fourth-order valence-electron chi connectivity index (χ4n) is 3.87. The Kier molecular flexibility index (Phi) is 15.0. The van der Waals surface area contributed by atoms with Crippen LogP contribution < -0.4 is 5.32 Å². The maximum atomic E-state index is 11.8. The molecule has 5 heteroatoms. The summed E-state index contributed by atoms with van der Waals surface area (Å²) in [4.78, 5) is 22.7. The summed E-state index contributed by atoms with van der Waals surface area (Å²) in [6.45, 7) is 2.71. The second-order valence-electron chi connectivity index (χ2n) is 8.35. The molecule has 2 N–H and O–H groups in total. The zero-order valence-corrected chi connectivity index (χ0v) is 18.1. The number of aliphatic carboxylic acids is 1. The molecule has 0 saturated carbocycles. The SMILES string of the molecule is CCCCCCCCCCCCCCCCCC(=O)OC1CNC(C(=O)O)C1. The summed E-state index contributed by atoms with van der Waals surface area (Å²) in [5, 5.41) is 11.8. The number of hydrogen-bond donors (Lipinski definition) is 2. The van der Waals surface area contributed by atoms with E-state index in [1.54, 1.807) is 0 Å². The largest absolute Gasteiger partial charge is 0.480 e. The lowest BCUT2D eigenvalue weighted by atomic mass is 10.0. The molecule has 164 valence electrons. The third-order valence-corrected chi connectivity index (χ3v) is 5.67. The van der Waals surface area contributed by atoms with Crippen LogP contribution in [-0.4, -0.2) is 35.7 Å². The average molecular weight is 398 g/mol. The number of carbonyl (C=O) groups is 2. The van der Waals surface area contributed by atoms with E-state index in [0.29, 0.717) is 19.4 Å². The lowest BCUT2D eigenvalue weighted by Gasteiger charge is -2.10. The zero-order valence-electron chi connectivity index (χ0n) is 18.1. The van der Waals surface area contributed by atoms with Crippen molar-refractivity contribution in [1.29, 1.82) is 0 Å². The zero-order chi connectivity index (χ0) is 20.5. The summed E-state index contributed by atoms with van der Waals surface area (Å²) >= 11 is 0. The fourth-order valence-corrected chi connectivity index (χ4v) is 3.87. The van der Waals surface area contributed by atoms with Gasteiger partial charge in [0.1, 0.15) is 12.1 Å². The molecule has 2 atom stereocenters. The number of carbonyl (C=O) groups excluding carboxylic acids is 1. The first kappa shape index (κ1) is 24.9. The van der Waals surface area contributed by atoms with Gasteiger partial charge in [0.05, 0.1) is 0 Å². The van der Waals surface area contributed by atoms with Gasteiger partial charge >= 0.3 is 11.9 Å². The van der Waals surface area contributed by atoms with Crippen molar-refractivity contribution in [1.82, 2.24) is 5.32 Å². The molecule has 0 radical (unpaired) electrons. The number of unbranched alkanes of at least 4 members (excludes halogenated alkanes) is 14. The molecule has 0 amide bonds. The highest BCUT2D eigenvalue weighted by Gasteiger charge is 2.31. The Balaban J connectivity index is 1.79. The van der Waals surface area contributed by atoms with Crippen LogP contribution in [0.3, 0.4) is 0 Å². The van der Waals surface area contributed by atoms with E-state index < -0.39 is 12.0 Å². The molecule has 0 aliphatic carbocycles. The van der Waals surface area contributed by atoms with Gasteiger partial charge in [-0.3, -0.25) is 9.59 Å². The molecule has 1 fully saturated rings. The Morgan fingerprint density at radius 3 is 1.71 bits per heavy atom. The summed E-state index contributed by atoms with van der Waals surface area (Å²) in [6, 6.07) is -0.580. The predicted octanol–water partition coefficient (Wildman–Crippen LogP) is 5.61. The monoisotopic (exact) mass is 397 g/mol. The third-order valence-electron chi connectivity index (χ3n) is 5.67. The van der Waals surface area contributed by atoms with Crippen molar-refractivity contribution in [2.45, 2.75) is 128 Å². The van der Waals surface area contributed by atoms with Crippen molar-refractivity contribution in [3.8, 4) is 0 Å². The lowest BCUT2D eigenvalue weighted by molar-refractivity contribution is -0.149. The molecule has 1 saturated heterocycles. The highest BCUT2D eigenvalue weighted by atomic mass is 16.5. The second-order valence-corrected chi connectivity index (χ2v) is 8.35.